The predicted molar refractivity (Wildman–Crippen MR) is 53.4 cm³/mol. The van der Waals surface area contributed by atoms with Crippen molar-refractivity contribution >= 4 is 11.7 Å². The average molecular weight is 193 g/mol. The zero-order valence-corrected chi connectivity index (χ0v) is 7.47. The Kier molecular flexibility index (Phi) is 3.55. The molecule has 0 heterocycles. The van der Waals surface area contributed by atoms with Crippen LogP contribution in [0.3, 0.4) is 0 Å². The Morgan fingerprint density at radius 3 is 2.57 bits per heavy atom. The summed E-state index contributed by atoms with van der Waals surface area (Å²) in [6.07, 6.45) is 2.59. The van der Waals surface area contributed by atoms with E-state index in [1.165, 1.54) is 6.08 Å². The summed E-state index contributed by atoms with van der Waals surface area (Å²) in [6.45, 7) is 0.442. The van der Waals surface area contributed by atoms with Crippen molar-refractivity contribution in [1.82, 2.24) is 0 Å². The minimum Gasteiger partial charge on any atom is -0.508 e. The molecule has 0 spiro atoms. The zero-order valence-electron chi connectivity index (χ0n) is 7.47. The molecule has 0 fully saturated rings. The van der Waals surface area contributed by atoms with Gasteiger partial charge in [-0.15, -0.1) is 0 Å². The van der Waals surface area contributed by atoms with Crippen LogP contribution >= 0.6 is 0 Å². The van der Waals surface area contributed by atoms with E-state index in [1.807, 2.05) is 0 Å². The van der Waals surface area contributed by atoms with Gasteiger partial charge in [0.1, 0.15) is 5.75 Å². The molecule has 0 aliphatic carbocycles. The first-order valence-corrected chi connectivity index (χ1v) is 4.11. The monoisotopic (exact) mass is 193 g/mol. The van der Waals surface area contributed by atoms with Gasteiger partial charge in [0.05, 0.1) is 0 Å². The van der Waals surface area contributed by atoms with Gasteiger partial charge in [0.15, 0.2) is 0 Å². The summed E-state index contributed by atoms with van der Waals surface area (Å²) in [5.41, 5.74) is 0.831. The molecule has 0 aliphatic rings. The molecule has 1 aromatic rings. The highest BCUT2D eigenvalue weighted by molar-refractivity contribution is 5.79. The second-order valence-electron chi connectivity index (χ2n) is 2.67. The lowest BCUT2D eigenvalue weighted by molar-refractivity contribution is -0.131. The lowest BCUT2D eigenvalue weighted by Gasteiger charge is -2.01. The van der Waals surface area contributed by atoms with Crippen molar-refractivity contribution < 1.29 is 15.0 Å². The van der Waals surface area contributed by atoms with Gasteiger partial charge in [0.2, 0.25) is 0 Å². The first-order valence-electron chi connectivity index (χ1n) is 4.11. The molecule has 0 unspecified atom stereocenters. The number of carbonyl (C=O) groups is 1. The first-order chi connectivity index (χ1) is 6.68. The summed E-state index contributed by atoms with van der Waals surface area (Å²) in [5.74, 6) is -0.755. The lowest BCUT2D eigenvalue weighted by Crippen LogP contribution is -1.98. The van der Waals surface area contributed by atoms with Crippen LogP contribution in [0.1, 0.15) is 0 Å². The van der Waals surface area contributed by atoms with Gasteiger partial charge in [-0.2, -0.15) is 0 Å². The van der Waals surface area contributed by atoms with Gasteiger partial charge in [0.25, 0.3) is 0 Å². The van der Waals surface area contributed by atoms with Gasteiger partial charge in [-0.1, -0.05) is 6.08 Å². The van der Waals surface area contributed by atoms with Gasteiger partial charge in [-0.05, 0) is 24.3 Å². The Bertz CT molecular complexity index is 330. The number of aliphatic carboxylic acids is 1. The molecule has 0 amide bonds. The van der Waals surface area contributed by atoms with Crippen LogP contribution < -0.4 is 5.32 Å². The molecule has 0 aromatic heterocycles. The number of benzene rings is 1. The van der Waals surface area contributed by atoms with E-state index < -0.39 is 5.97 Å². The molecule has 1 rings (SSSR count). The molecule has 0 saturated heterocycles. The number of rotatable bonds is 4. The summed E-state index contributed by atoms with van der Waals surface area (Å²) in [7, 11) is 0. The second kappa shape index (κ2) is 4.91. The number of nitrogens with one attached hydrogen (secondary N) is 1. The molecular formula is C10H11NO3. The van der Waals surface area contributed by atoms with Crippen molar-refractivity contribution in [3.63, 3.8) is 0 Å². The van der Waals surface area contributed by atoms with Crippen LogP contribution in [0.25, 0.3) is 0 Å². The number of carboxylic acids is 1. The van der Waals surface area contributed by atoms with E-state index in [-0.39, 0.29) is 5.75 Å². The van der Waals surface area contributed by atoms with Crippen molar-refractivity contribution in [3.8, 4) is 5.75 Å². The van der Waals surface area contributed by atoms with Gasteiger partial charge in [-0.25, -0.2) is 4.79 Å². The number of phenols is 1. The van der Waals surface area contributed by atoms with Crippen molar-refractivity contribution in [1.29, 1.82) is 0 Å². The molecule has 1 aromatic carbocycles. The maximum Gasteiger partial charge on any atom is 0.328 e. The SMILES string of the molecule is O=C(O)/C=C/CNc1ccc(O)cc1. The second-order valence-corrected chi connectivity index (χ2v) is 2.67. The molecule has 0 radical (unpaired) electrons. The van der Waals surface area contributed by atoms with Crippen LogP contribution in [0.15, 0.2) is 36.4 Å². The molecule has 0 atom stereocenters. The number of hydrogen-bond acceptors (Lipinski definition) is 3. The van der Waals surface area contributed by atoms with E-state index in [0.717, 1.165) is 11.8 Å². The first kappa shape index (κ1) is 10.1. The van der Waals surface area contributed by atoms with Crippen LogP contribution in [-0.2, 0) is 4.79 Å². The summed E-state index contributed by atoms with van der Waals surface area (Å²) < 4.78 is 0. The van der Waals surface area contributed by atoms with E-state index in [9.17, 15) is 4.79 Å². The third-order valence-corrected chi connectivity index (χ3v) is 1.55. The number of phenolic OH excluding ortho intramolecular Hbond substituents is 1. The minimum atomic E-state index is -0.961. The predicted octanol–water partition coefficient (Wildman–Crippen LogP) is 1.44. The standard InChI is InChI=1S/C10H11NO3/c12-9-5-3-8(4-6-9)11-7-1-2-10(13)14/h1-6,11-12H,7H2,(H,13,14)/b2-1+. The van der Waals surface area contributed by atoms with E-state index in [4.69, 9.17) is 10.2 Å². The average Bonchev–Trinajstić information content (AvgIpc) is 2.15. The van der Waals surface area contributed by atoms with Crippen LogP contribution in [0, 0.1) is 0 Å². The molecule has 4 nitrogen and oxygen atoms in total. The van der Waals surface area contributed by atoms with E-state index in [0.29, 0.717) is 6.54 Å². The quantitative estimate of drug-likeness (QED) is 0.500. The molecule has 14 heavy (non-hydrogen) atoms. The molecular weight excluding hydrogens is 182 g/mol. The van der Waals surface area contributed by atoms with Gasteiger partial charge in [-0.3, -0.25) is 0 Å². The van der Waals surface area contributed by atoms with Gasteiger partial charge in [0, 0.05) is 18.3 Å². The smallest absolute Gasteiger partial charge is 0.328 e. The molecule has 0 aliphatic heterocycles. The van der Waals surface area contributed by atoms with Crippen molar-refractivity contribution in [2.75, 3.05) is 11.9 Å². The Hall–Kier alpha value is -1.97. The Morgan fingerprint density at radius 2 is 2.00 bits per heavy atom. The number of anilines is 1. The normalized spacial score (nSPS) is 10.3. The summed E-state index contributed by atoms with van der Waals surface area (Å²) in [6, 6.07) is 6.54. The lowest BCUT2D eigenvalue weighted by atomic mass is 10.3. The van der Waals surface area contributed by atoms with Crippen molar-refractivity contribution in [3.05, 3.63) is 36.4 Å². The Labute approximate surface area is 81.5 Å². The van der Waals surface area contributed by atoms with Crippen molar-refractivity contribution in [2.45, 2.75) is 0 Å². The third-order valence-electron chi connectivity index (χ3n) is 1.55. The fourth-order valence-electron chi connectivity index (χ4n) is 0.916. The highest BCUT2D eigenvalue weighted by Crippen LogP contribution is 2.13. The summed E-state index contributed by atoms with van der Waals surface area (Å²) in [5, 5.41) is 20.2. The van der Waals surface area contributed by atoms with Gasteiger partial charge >= 0.3 is 5.97 Å². The number of carboxylic acid groups (broad SMARTS) is 1. The van der Waals surface area contributed by atoms with Crippen molar-refractivity contribution in [2.24, 2.45) is 0 Å². The van der Waals surface area contributed by atoms with Crippen LogP contribution in [0.2, 0.25) is 0 Å². The highest BCUT2D eigenvalue weighted by Gasteiger charge is 1.90. The number of hydrogen-bond donors (Lipinski definition) is 3. The topological polar surface area (TPSA) is 69.6 Å². The van der Waals surface area contributed by atoms with Gasteiger partial charge < -0.3 is 15.5 Å². The van der Waals surface area contributed by atoms with E-state index in [1.54, 1.807) is 24.3 Å². The maximum atomic E-state index is 10.1. The summed E-state index contributed by atoms with van der Waals surface area (Å²) >= 11 is 0. The zero-order chi connectivity index (χ0) is 10.4. The fourth-order valence-corrected chi connectivity index (χ4v) is 0.916. The molecule has 0 saturated carbocycles. The molecule has 3 N–H and O–H groups in total. The van der Waals surface area contributed by atoms with E-state index >= 15 is 0 Å². The summed E-state index contributed by atoms with van der Waals surface area (Å²) in [4.78, 5) is 10.1. The highest BCUT2D eigenvalue weighted by atomic mass is 16.4. The van der Waals surface area contributed by atoms with E-state index in [2.05, 4.69) is 5.32 Å². The third kappa shape index (κ3) is 3.62. The fraction of sp³-hybridized carbons (Fsp3) is 0.100. The molecule has 4 heteroatoms. The van der Waals surface area contributed by atoms with Crippen LogP contribution in [-0.4, -0.2) is 22.7 Å². The van der Waals surface area contributed by atoms with Crippen LogP contribution in [0.5, 0.6) is 5.75 Å². The maximum absolute atomic E-state index is 10.1. The number of aromatic hydroxyl groups is 1. The Balaban J connectivity index is 2.39. The minimum absolute atomic E-state index is 0.205. The molecule has 74 valence electrons. The molecule has 0 bridgehead atoms. The van der Waals surface area contributed by atoms with Crippen LogP contribution in [0.4, 0.5) is 5.69 Å². The largest absolute Gasteiger partial charge is 0.508 e. The Morgan fingerprint density at radius 1 is 1.36 bits per heavy atom.